The van der Waals surface area contributed by atoms with E-state index in [1.54, 1.807) is 18.2 Å². The predicted octanol–water partition coefficient (Wildman–Crippen LogP) is 3.82. The number of aromatic carboxylic acids is 1. The molecule has 6 heteroatoms. The summed E-state index contributed by atoms with van der Waals surface area (Å²) in [5.41, 5.74) is 2.16. The van der Waals surface area contributed by atoms with Crippen LogP contribution in [0.5, 0.6) is 0 Å². The minimum Gasteiger partial charge on any atom is -0.476 e. The normalized spacial score (nSPS) is 10.4. The molecule has 1 heterocycles. The maximum absolute atomic E-state index is 10.9. The molecule has 0 unspecified atom stereocenters. The van der Waals surface area contributed by atoms with Gasteiger partial charge in [-0.05, 0) is 23.8 Å². The van der Waals surface area contributed by atoms with Crippen molar-refractivity contribution in [3.8, 4) is 10.4 Å². The van der Waals surface area contributed by atoms with Crippen molar-refractivity contribution in [3.63, 3.8) is 0 Å². The third-order valence-corrected chi connectivity index (χ3v) is 3.21. The lowest BCUT2D eigenvalue weighted by molar-refractivity contribution is 0.0692. The van der Waals surface area contributed by atoms with Gasteiger partial charge in [-0.1, -0.05) is 23.2 Å². The van der Waals surface area contributed by atoms with Gasteiger partial charge < -0.3 is 5.11 Å². The number of halogens is 2. The first kappa shape index (κ1) is 11.4. The van der Waals surface area contributed by atoms with E-state index in [0.717, 1.165) is 0 Å². The molecule has 0 aliphatic rings. The van der Waals surface area contributed by atoms with Crippen molar-refractivity contribution in [3.05, 3.63) is 39.4 Å². The highest BCUT2D eigenvalue weighted by molar-refractivity contribution is 7.13. The van der Waals surface area contributed by atoms with Crippen LogP contribution in [0.15, 0.2) is 23.7 Å². The second kappa shape index (κ2) is 4.41. The van der Waals surface area contributed by atoms with Crippen LogP contribution >= 0.6 is 34.5 Å². The van der Waals surface area contributed by atoms with Gasteiger partial charge in [0.25, 0.3) is 0 Å². The summed E-state index contributed by atoms with van der Waals surface area (Å²) in [7, 11) is 0. The average molecular weight is 274 g/mol. The van der Waals surface area contributed by atoms with Crippen molar-refractivity contribution in [1.82, 2.24) is 4.98 Å². The van der Waals surface area contributed by atoms with E-state index in [1.807, 2.05) is 0 Å². The molecule has 2 aromatic rings. The number of benzene rings is 1. The zero-order valence-electron chi connectivity index (χ0n) is 7.78. The average Bonchev–Trinajstić information content (AvgIpc) is 2.63. The second-order valence-corrected chi connectivity index (χ2v) is 4.72. The van der Waals surface area contributed by atoms with Gasteiger partial charge in [0.15, 0.2) is 5.69 Å². The Labute approximate surface area is 105 Å². The second-order valence-electron chi connectivity index (χ2n) is 2.99. The van der Waals surface area contributed by atoms with Gasteiger partial charge in [0.05, 0.1) is 10.4 Å². The van der Waals surface area contributed by atoms with Gasteiger partial charge in [-0.15, -0.1) is 11.3 Å². The lowest BCUT2D eigenvalue weighted by Gasteiger charge is -2.01. The number of thiazole rings is 1. The maximum atomic E-state index is 10.9. The number of nitrogens with zero attached hydrogens (tertiary/aromatic N) is 1. The van der Waals surface area contributed by atoms with E-state index in [0.29, 0.717) is 20.5 Å². The summed E-state index contributed by atoms with van der Waals surface area (Å²) in [6.07, 6.45) is 0. The molecule has 0 radical (unpaired) electrons. The third-order valence-electron chi connectivity index (χ3n) is 1.89. The molecule has 82 valence electrons. The zero-order chi connectivity index (χ0) is 11.7. The number of hydrogen-bond acceptors (Lipinski definition) is 3. The Morgan fingerprint density at radius 2 is 1.88 bits per heavy atom. The first-order chi connectivity index (χ1) is 7.58. The van der Waals surface area contributed by atoms with E-state index < -0.39 is 5.97 Å². The van der Waals surface area contributed by atoms with Crippen molar-refractivity contribution in [2.75, 3.05) is 0 Å². The van der Waals surface area contributed by atoms with E-state index in [-0.39, 0.29) is 5.69 Å². The summed E-state index contributed by atoms with van der Waals surface area (Å²) in [5, 5.41) is 9.86. The molecule has 16 heavy (non-hydrogen) atoms. The Hall–Kier alpha value is -1.10. The SMILES string of the molecule is O=C(O)c1ncsc1-c1cc(Cl)cc(Cl)c1. The molecule has 0 fully saturated rings. The van der Waals surface area contributed by atoms with Gasteiger partial charge in [0.1, 0.15) is 0 Å². The molecule has 3 nitrogen and oxygen atoms in total. The number of rotatable bonds is 2. The highest BCUT2D eigenvalue weighted by Crippen LogP contribution is 2.32. The van der Waals surface area contributed by atoms with Gasteiger partial charge in [0.2, 0.25) is 0 Å². The highest BCUT2D eigenvalue weighted by atomic mass is 35.5. The maximum Gasteiger partial charge on any atom is 0.356 e. The molecule has 0 spiro atoms. The molecule has 0 bridgehead atoms. The largest absolute Gasteiger partial charge is 0.476 e. The van der Waals surface area contributed by atoms with Crippen molar-refractivity contribution < 1.29 is 9.90 Å². The lowest BCUT2D eigenvalue weighted by Crippen LogP contribution is -1.98. The lowest BCUT2D eigenvalue weighted by atomic mass is 10.1. The number of carboxylic acid groups (broad SMARTS) is 1. The van der Waals surface area contributed by atoms with Crippen LogP contribution in [0.2, 0.25) is 10.0 Å². The van der Waals surface area contributed by atoms with E-state index in [2.05, 4.69) is 4.98 Å². The molecule has 1 aromatic heterocycles. The standard InChI is InChI=1S/C10H5Cl2NO2S/c11-6-1-5(2-7(12)3-6)9-8(10(14)15)13-4-16-9/h1-4H,(H,14,15). The van der Waals surface area contributed by atoms with E-state index >= 15 is 0 Å². The van der Waals surface area contributed by atoms with Crippen LogP contribution in [0.25, 0.3) is 10.4 Å². The summed E-state index contributed by atoms with van der Waals surface area (Å²) in [6, 6.07) is 4.91. The molecular formula is C10H5Cl2NO2S. The number of aromatic nitrogens is 1. The van der Waals surface area contributed by atoms with Crippen LogP contribution in [0.3, 0.4) is 0 Å². The molecule has 0 saturated carbocycles. The minimum atomic E-state index is -1.06. The van der Waals surface area contributed by atoms with Crippen molar-refractivity contribution in [1.29, 1.82) is 0 Å². The minimum absolute atomic E-state index is 0.0170. The fraction of sp³-hybridized carbons (Fsp3) is 0. The topological polar surface area (TPSA) is 50.2 Å². The Kier molecular flexibility index (Phi) is 3.14. The van der Waals surface area contributed by atoms with Crippen LogP contribution in [-0.4, -0.2) is 16.1 Å². The van der Waals surface area contributed by atoms with Crippen LogP contribution in [0.4, 0.5) is 0 Å². The summed E-state index contributed by atoms with van der Waals surface area (Å²) in [4.78, 5) is 15.2. The summed E-state index contributed by atoms with van der Waals surface area (Å²) >= 11 is 12.9. The van der Waals surface area contributed by atoms with Crippen molar-refractivity contribution in [2.45, 2.75) is 0 Å². The molecule has 1 N–H and O–H groups in total. The third kappa shape index (κ3) is 2.19. The molecule has 0 saturated heterocycles. The summed E-state index contributed by atoms with van der Waals surface area (Å²) in [6.45, 7) is 0. The van der Waals surface area contributed by atoms with Crippen LogP contribution in [0, 0.1) is 0 Å². The fourth-order valence-corrected chi connectivity index (χ4v) is 2.58. The van der Waals surface area contributed by atoms with E-state index in [1.165, 1.54) is 16.8 Å². The van der Waals surface area contributed by atoms with Crippen LogP contribution < -0.4 is 0 Å². The first-order valence-electron chi connectivity index (χ1n) is 4.21. The zero-order valence-corrected chi connectivity index (χ0v) is 10.1. The Morgan fingerprint density at radius 3 is 2.44 bits per heavy atom. The Morgan fingerprint density at radius 1 is 1.25 bits per heavy atom. The van der Waals surface area contributed by atoms with Crippen molar-refractivity contribution in [2.24, 2.45) is 0 Å². The fourth-order valence-electron chi connectivity index (χ4n) is 1.29. The Balaban J connectivity index is 2.58. The number of carbonyl (C=O) groups is 1. The smallest absolute Gasteiger partial charge is 0.356 e. The molecule has 0 atom stereocenters. The van der Waals surface area contributed by atoms with E-state index in [4.69, 9.17) is 28.3 Å². The molecule has 2 rings (SSSR count). The van der Waals surface area contributed by atoms with Crippen LogP contribution in [-0.2, 0) is 0 Å². The quantitative estimate of drug-likeness (QED) is 0.905. The van der Waals surface area contributed by atoms with Gasteiger partial charge in [-0.25, -0.2) is 9.78 Å². The summed E-state index contributed by atoms with van der Waals surface area (Å²) in [5.74, 6) is -1.06. The van der Waals surface area contributed by atoms with Gasteiger partial charge >= 0.3 is 5.97 Å². The molecular weight excluding hydrogens is 269 g/mol. The predicted molar refractivity (Wildman–Crippen MR) is 64.5 cm³/mol. The van der Waals surface area contributed by atoms with Gasteiger partial charge in [-0.2, -0.15) is 0 Å². The molecule has 0 aliphatic carbocycles. The van der Waals surface area contributed by atoms with E-state index in [9.17, 15) is 4.79 Å². The highest BCUT2D eigenvalue weighted by Gasteiger charge is 2.15. The monoisotopic (exact) mass is 273 g/mol. The molecule has 0 amide bonds. The van der Waals surface area contributed by atoms with Gasteiger partial charge in [-0.3, -0.25) is 0 Å². The number of hydrogen-bond donors (Lipinski definition) is 1. The first-order valence-corrected chi connectivity index (χ1v) is 5.84. The van der Waals surface area contributed by atoms with Gasteiger partial charge in [0, 0.05) is 10.0 Å². The van der Waals surface area contributed by atoms with Crippen molar-refractivity contribution >= 4 is 40.5 Å². The Bertz CT molecular complexity index is 533. The summed E-state index contributed by atoms with van der Waals surface area (Å²) < 4.78 is 0. The van der Waals surface area contributed by atoms with Crippen LogP contribution in [0.1, 0.15) is 10.5 Å². The number of carboxylic acids is 1. The molecule has 1 aromatic carbocycles. The molecule has 0 aliphatic heterocycles.